The van der Waals surface area contributed by atoms with Gasteiger partial charge in [-0.3, -0.25) is 5.32 Å². The second kappa shape index (κ2) is 9.99. The number of nitrogens with one attached hydrogen (secondary N) is 2. The fourth-order valence-electron chi connectivity index (χ4n) is 3.37. The number of rotatable bonds is 9. The molecule has 0 unspecified atom stereocenters. The van der Waals surface area contributed by atoms with Crippen molar-refractivity contribution in [2.45, 2.75) is 19.1 Å². The maximum Gasteiger partial charge on any atom is 0.172 e. The Labute approximate surface area is 193 Å². The molecule has 2 aromatic carbocycles. The minimum absolute atomic E-state index is 0.171. The first kappa shape index (κ1) is 22.1. The molecule has 4 aromatic rings. The standard InChI is InChI=1S/C23H24BrN5O3/c24-18-14-27-29-21(13-19(28-22(18)29)17-5-1-2-6-20(17)31)25-11-3-4-12-26-23(32)15-7-9-16(30)10-8-15/h1-2,5-10,13-14,23,25-26,30-32H,3-4,11-12H2/t23-/m1/s1. The van der Waals surface area contributed by atoms with E-state index < -0.39 is 6.23 Å². The van der Waals surface area contributed by atoms with Gasteiger partial charge in [-0.05, 0) is 65.1 Å². The number of hydrogen-bond donors (Lipinski definition) is 5. The molecule has 0 bridgehead atoms. The van der Waals surface area contributed by atoms with Gasteiger partial charge in [0.15, 0.2) is 5.65 Å². The average molecular weight is 498 g/mol. The zero-order valence-electron chi connectivity index (χ0n) is 17.2. The molecule has 9 heteroatoms. The lowest BCUT2D eigenvalue weighted by atomic mass is 10.1. The lowest BCUT2D eigenvalue weighted by Crippen LogP contribution is -2.22. The monoisotopic (exact) mass is 497 g/mol. The Bertz CT molecular complexity index is 1200. The molecule has 0 radical (unpaired) electrons. The lowest BCUT2D eigenvalue weighted by Gasteiger charge is -2.14. The first-order valence-corrected chi connectivity index (χ1v) is 11.1. The Morgan fingerprint density at radius 2 is 1.75 bits per heavy atom. The van der Waals surface area contributed by atoms with Crippen molar-refractivity contribution in [1.82, 2.24) is 19.9 Å². The maximum absolute atomic E-state index is 10.2. The van der Waals surface area contributed by atoms with Crippen LogP contribution in [0.5, 0.6) is 11.5 Å². The Hall–Kier alpha value is -3.14. The van der Waals surface area contributed by atoms with E-state index in [-0.39, 0.29) is 11.5 Å². The van der Waals surface area contributed by atoms with Crippen LogP contribution in [-0.4, -0.2) is 43.0 Å². The van der Waals surface area contributed by atoms with Crippen molar-refractivity contribution < 1.29 is 15.3 Å². The van der Waals surface area contributed by atoms with Crippen molar-refractivity contribution in [2.75, 3.05) is 18.4 Å². The van der Waals surface area contributed by atoms with E-state index in [1.54, 1.807) is 47.1 Å². The molecule has 0 spiro atoms. The van der Waals surface area contributed by atoms with Crippen LogP contribution in [0.3, 0.4) is 0 Å². The van der Waals surface area contributed by atoms with Crippen LogP contribution in [-0.2, 0) is 0 Å². The average Bonchev–Trinajstić information content (AvgIpc) is 3.17. The second-order valence-corrected chi connectivity index (χ2v) is 8.21. The van der Waals surface area contributed by atoms with E-state index in [9.17, 15) is 15.3 Å². The van der Waals surface area contributed by atoms with Crippen LogP contribution in [0.4, 0.5) is 5.82 Å². The van der Waals surface area contributed by atoms with E-state index in [0.29, 0.717) is 35.6 Å². The first-order valence-electron chi connectivity index (χ1n) is 10.3. The lowest BCUT2D eigenvalue weighted by molar-refractivity contribution is 0.139. The SMILES string of the molecule is Oc1ccc([C@@H](O)NCCCCNc2cc(-c3ccccc3O)nc3c(Br)cnn23)cc1. The molecular formula is C23H24BrN5O3. The van der Waals surface area contributed by atoms with Gasteiger partial charge < -0.3 is 20.6 Å². The number of fused-ring (bicyclic) bond motifs is 1. The molecule has 2 aromatic heterocycles. The van der Waals surface area contributed by atoms with Crippen LogP contribution in [0.1, 0.15) is 24.6 Å². The molecule has 0 amide bonds. The summed E-state index contributed by atoms with van der Waals surface area (Å²) in [6, 6.07) is 15.5. The maximum atomic E-state index is 10.2. The van der Waals surface area contributed by atoms with Crippen LogP contribution in [0.2, 0.25) is 0 Å². The number of unbranched alkanes of at least 4 members (excludes halogenated alkanes) is 1. The molecule has 4 rings (SSSR count). The van der Waals surface area contributed by atoms with E-state index in [1.165, 1.54) is 0 Å². The van der Waals surface area contributed by atoms with Gasteiger partial charge in [-0.25, -0.2) is 4.98 Å². The predicted octanol–water partition coefficient (Wildman–Crippen LogP) is 4.04. The van der Waals surface area contributed by atoms with Gasteiger partial charge in [0.25, 0.3) is 0 Å². The molecule has 1 atom stereocenters. The summed E-state index contributed by atoms with van der Waals surface area (Å²) in [6.07, 6.45) is 2.64. The van der Waals surface area contributed by atoms with E-state index in [4.69, 9.17) is 0 Å². The Kier molecular flexibility index (Phi) is 6.89. The highest BCUT2D eigenvalue weighted by Gasteiger charge is 2.13. The minimum Gasteiger partial charge on any atom is -0.508 e. The number of aromatic hydroxyl groups is 2. The summed E-state index contributed by atoms with van der Waals surface area (Å²) in [4.78, 5) is 4.64. The molecule has 2 heterocycles. The van der Waals surface area contributed by atoms with Gasteiger partial charge in [0.05, 0.1) is 16.4 Å². The van der Waals surface area contributed by atoms with Gasteiger partial charge in [0.1, 0.15) is 23.5 Å². The van der Waals surface area contributed by atoms with Gasteiger partial charge in [0.2, 0.25) is 0 Å². The van der Waals surface area contributed by atoms with Crippen molar-refractivity contribution >= 4 is 27.4 Å². The molecule has 0 aliphatic heterocycles. The summed E-state index contributed by atoms with van der Waals surface area (Å²) in [7, 11) is 0. The highest BCUT2D eigenvalue weighted by molar-refractivity contribution is 9.10. The van der Waals surface area contributed by atoms with Gasteiger partial charge >= 0.3 is 0 Å². The van der Waals surface area contributed by atoms with Crippen LogP contribution in [0.15, 0.2) is 65.3 Å². The van der Waals surface area contributed by atoms with Crippen molar-refractivity contribution in [3.05, 3.63) is 70.8 Å². The van der Waals surface area contributed by atoms with E-state index >= 15 is 0 Å². The van der Waals surface area contributed by atoms with Crippen molar-refractivity contribution in [1.29, 1.82) is 0 Å². The third kappa shape index (κ3) is 5.01. The number of aromatic nitrogens is 3. The number of phenols is 2. The number of hydrogen-bond acceptors (Lipinski definition) is 7. The van der Waals surface area contributed by atoms with Crippen molar-refractivity contribution in [2.24, 2.45) is 0 Å². The quantitative estimate of drug-likeness (QED) is 0.175. The smallest absolute Gasteiger partial charge is 0.172 e. The van der Waals surface area contributed by atoms with Gasteiger partial charge in [-0.1, -0.05) is 24.3 Å². The third-order valence-corrected chi connectivity index (χ3v) is 5.62. The minimum atomic E-state index is -0.772. The highest BCUT2D eigenvalue weighted by Crippen LogP contribution is 2.31. The fraction of sp³-hybridized carbons (Fsp3) is 0.217. The van der Waals surface area contributed by atoms with Gasteiger partial charge in [-0.15, -0.1) is 0 Å². The number of phenolic OH excluding ortho intramolecular Hbond substituents is 2. The largest absolute Gasteiger partial charge is 0.508 e. The van der Waals surface area contributed by atoms with E-state index in [1.807, 2.05) is 18.2 Å². The summed E-state index contributed by atoms with van der Waals surface area (Å²) in [5.41, 5.74) is 2.67. The normalized spacial score (nSPS) is 12.2. The molecule has 0 saturated heterocycles. The summed E-state index contributed by atoms with van der Waals surface area (Å²) in [6.45, 7) is 1.35. The Balaban J connectivity index is 1.36. The summed E-state index contributed by atoms with van der Waals surface area (Å²) in [5, 5.41) is 40.6. The Morgan fingerprint density at radius 1 is 1.00 bits per heavy atom. The predicted molar refractivity (Wildman–Crippen MR) is 127 cm³/mol. The third-order valence-electron chi connectivity index (χ3n) is 5.06. The summed E-state index contributed by atoms with van der Waals surface area (Å²) >= 11 is 3.48. The van der Waals surface area contributed by atoms with Crippen LogP contribution in [0.25, 0.3) is 16.9 Å². The number of aliphatic hydroxyl groups excluding tert-OH is 1. The first-order chi connectivity index (χ1) is 15.5. The molecule has 0 saturated carbocycles. The molecular weight excluding hydrogens is 474 g/mol. The van der Waals surface area contributed by atoms with Gasteiger partial charge in [0, 0.05) is 18.2 Å². The van der Waals surface area contributed by atoms with E-state index in [0.717, 1.165) is 23.1 Å². The summed E-state index contributed by atoms with van der Waals surface area (Å²) < 4.78 is 2.49. The summed E-state index contributed by atoms with van der Waals surface area (Å²) in [5.74, 6) is 1.12. The molecule has 8 nitrogen and oxygen atoms in total. The molecule has 0 aliphatic carbocycles. The Morgan fingerprint density at radius 3 is 2.53 bits per heavy atom. The number of halogens is 1. The van der Waals surface area contributed by atoms with Gasteiger partial charge in [-0.2, -0.15) is 9.61 Å². The van der Waals surface area contributed by atoms with Crippen LogP contribution in [0, 0.1) is 0 Å². The zero-order valence-corrected chi connectivity index (χ0v) is 18.8. The van der Waals surface area contributed by atoms with Crippen molar-refractivity contribution in [3.8, 4) is 22.8 Å². The van der Waals surface area contributed by atoms with Crippen LogP contribution < -0.4 is 10.6 Å². The molecule has 5 N–H and O–H groups in total. The van der Waals surface area contributed by atoms with Crippen molar-refractivity contribution in [3.63, 3.8) is 0 Å². The number of para-hydroxylation sites is 1. The molecule has 32 heavy (non-hydrogen) atoms. The fourth-order valence-corrected chi connectivity index (χ4v) is 3.72. The molecule has 0 aliphatic rings. The van der Waals surface area contributed by atoms with Crippen LogP contribution >= 0.6 is 15.9 Å². The van der Waals surface area contributed by atoms with E-state index in [2.05, 4.69) is 36.6 Å². The second-order valence-electron chi connectivity index (χ2n) is 7.35. The molecule has 0 fully saturated rings. The molecule has 166 valence electrons. The number of aliphatic hydroxyl groups is 1. The number of nitrogens with zero attached hydrogens (tertiary/aromatic N) is 3. The number of anilines is 1. The highest BCUT2D eigenvalue weighted by atomic mass is 79.9. The number of benzene rings is 2. The topological polar surface area (TPSA) is 115 Å². The zero-order chi connectivity index (χ0) is 22.5.